The third kappa shape index (κ3) is 2.45. The molecule has 0 saturated carbocycles. The summed E-state index contributed by atoms with van der Waals surface area (Å²) in [5.41, 5.74) is 8.27. The van der Waals surface area contributed by atoms with E-state index in [2.05, 4.69) is 46.9 Å². The Balaban J connectivity index is 2.83. The second-order valence-corrected chi connectivity index (χ2v) is 3.43. The summed E-state index contributed by atoms with van der Waals surface area (Å²) in [4.78, 5) is 0. The zero-order valence-electron chi connectivity index (χ0n) is 6.55. The van der Waals surface area contributed by atoms with Crippen LogP contribution in [0.1, 0.15) is 24.1 Å². The first kappa shape index (κ1) is 9.00. The predicted molar refractivity (Wildman–Crippen MR) is 56.8 cm³/mol. The number of alkyl halides is 1. The van der Waals surface area contributed by atoms with Crippen molar-refractivity contribution in [3.8, 4) is 0 Å². The van der Waals surface area contributed by atoms with Crippen molar-refractivity contribution in [1.82, 2.24) is 0 Å². The molecular weight excluding hydrogens is 249 g/mol. The molecule has 0 aromatic heterocycles. The van der Waals surface area contributed by atoms with Crippen molar-refractivity contribution < 1.29 is 0 Å². The van der Waals surface area contributed by atoms with Crippen LogP contribution < -0.4 is 5.73 Å². The Bertz CT molecular complexity index is 216. The fourth-order valence-electron chi connectivity index (χ4n) is 0.910. The average Bonchev–Trinajstić information content (AvgIpc) is 2.05. The van der Waals surface area contributed by atoms with Crippen molar-refractivity contribution in [3.05, 3.63) is 35.4 Å². The molecule has 2 heteroatoms. The summed E-state index contributed by atoms with van der Waals surface area (Å²) in [5.74, 6) is 0. The van der Waals surface area contributed by atoms with E-state index in [1.807, 2.05) is 6.92 Å². The van der Waals surface area contributed by atoms with E-state index in [4.69, 9.17) is 5.73 Å². The largest absolute Gasteiger partial charge is 0.324 e. The molecule has 0 aliphatic rings. The van der Waals surface area contributed by atoms with Gasteiger partial charge < -0.3 is 5.73 Å². The molecule has 60 valence electrons. The second-order valence-electron chi connectivity index (χ2n) is 2.66. The van der Waals surface area contributed by atoms with Crippen LogP contribution in [-0.2, 0) is 4.43 Å². The Hall–Kier alpha value is -0.0900. The van der Waals surface area contributed by atoms with Crippen molar-refractivity contribution in [2.75, 3.05) is 0 Å². The molecule has 1 unspecified atom stereocenters. The summed E-state index contributed by atoms with van der Waals surface area (Å²) in [5, 5.41) is 0. The van der Waals surface area contributed by atoms with E-state index in [0.29, 0.717) is 0 Å². The lowest BCUT2D eigenvalue weighted by Crippen LogP contribution is -2.04. The molecule has 0 spiro atoms. The number of hydrogen-bond donors (Lipinski definition) is 1. The van der Waals surface area contributed by atoms with E-state index in [9.17, 15) is 0 Å². The third-order valence-corrected chi connectivity index (χ3v) is 2.54. The van der Waals surface area contributed by atoms with Crippen LogP contribution in [0.25, 0.3) is 0 Å². The first-order chi connectivity index (χ1) is 5.24. The zero-order chi connectivity index (χ0) is 8.27. The Labute approximate surface area is 81.1 Å². The minimum Gasteiger partial charge on any atom is -0.324 e. The minimum atomic E-state index is 0.151. The molecule has 0 amide bonds. The first-order valence-corrected chi connectivity index (χ1v) is 5.17. The van der Waals surface area contributed by atoms with Crippen molar-refractivity contribution in [3.63, 3.8) is 0 Å². The van der Waals surface area contributed by atoms with E-state index in [1.165, 1.54) is 11.1 Å². The van der Waals surface area contributed by atoms with Crippen LogP contribution in [0.4, 0.5) is 0 Å². The van der Waals surface area contributed by atoms with E-state index in [0.717, 1.165) is 4.43 Å². The number of hydrogen-bond acceptors (Lipinski definition) is 1. The molecule has 2 N–H and O–H groups in total. The molecule has 1 rings (SSSR count). The number of halogens is 1. The highest BCUT2D eigenvalue weighted by Gasteiger charge is 1.97. The van der Waals surface area contributed by atoms with Gasteiger partial charge in [-0.15, -0.1) is 0 Å². The molecule has 1 aromatic carbocycles. The highest BCUT2D eigenvalue weighted by atomic mass is 127. The van der Waals surface area contributed by atoms with E-state index in [-0.39, 0.29) is 6.04 Å². The standard InChI is InChI=1S/C9H12IN/c1-7(11)9-4-2-8(6-10)3-5-9/h2-5,7H,6,11H2,1H3. The number of rotatable bonds is 2. The van der Waals surface area contributed by atoms with Gasteiger partial charge in [-0.25, -0.2) is 0 Å². The fraction of sp³-hybridized carbons (Fsp3) is 0.333. The molecule has 0 heterocycles. The molecule has 1 aromatic rings. The summed E-state index contributed by atoms with van der Waals surface area (Å²) in [6.07, 6.45) is 0. The Morgan fingerprint density at radius 1 is 1.36 bits per heavy atom. The molecule has 1 atom stereocenters. The van der Waals surface area contributed by atoms with Gasteiger partial charge in [0.15, 0.2) is 0 Å². The molecule has 0 fully saturated rings. The first-order valence-electron chi connectivity index (χ1n) is 3.64. The van der Waals surface area contributed by atoms with Crippen LogP contribution in [0, 0.1) is 0 Å². The monoisotopic (exact) mass is 261 g/mol. The van der Waals surface area contributed by atoms with Crippen LogP contribution >= 0.6 is 22.6 Å². The lowest BCUT2D eigenvalue weighted by atomic mass is 10.1. The topological polar surface area (TPSA) is 26.0 Å². The molecule has 0 saturated heterocycles. The van der Waals surface area contributed by atoms with Crippen molar-refractivity contribution in [2.45, 2.75) is 17.4 Å². The lowest BCUT2D eigenvalue weighted by molar-refractivity contribution is 0.818. The summed E-state index contributed by atoms with van der Waals surface area (Å²) in [7, 11) is 0. The van der Waals surface area contributed by atoms with Crippen LogP contribution in [0.15, 0.2) is 24.3 Å². The SMILES string of the molecule is CC(N)c1ccc(CI)cc1. The summed E-state index contributed by atoms with van der Waals surface area (Å²) < 4.78 is 1.07. The molecule has 0 aliphatic carbocycles. The Kier molecular flexibility index (Phi) is 3.33. The van der Waals surface area contributed by atoms with Crippen molar-refractivity contribution in [2.24, 2.45) is 5.73 Å². The van der Waals surface area contributed by atoms with Gasteiger partial charge in [-0.2, -0.15) is 0 Å². The highest BCUT2D eigenvalue weighted by Crippen LogP contribution is 2.12. The minimum absolute atomic E-state index is 0.151. The Morgan fingerprint density at radius 2 is 1.91 bits per heavy atom. The maximum absolute atomic E-state index is 5.70. The van der Waals surface area contributed by atoms with E-state index < -0.39 is 0 Å². The van der Waals surface area contributed by atoms with Gasteiger partial charge in [-0.3, -0.25) is 0 Å². The highest BCUT2D eigenvalue weighted by molar-refractivity contribution is 14.1. The van der Waals surface area contributed by atoms with Gasteiger partial charge >= 0.3 is 0 Å². The quantitative estimate of drug-likeness (QED) is 0.642. The molecule has 0 aliphatic heterocycles. The van der Waals surface area contributed by atoms with Crippen LogP contribution in [-0.4, -0.2) is 0 Å². The average molecular weight is 261 g/mol. The van der Waals surface area contributed by atoms with Gasteiger partial charge in [0.2, 0.25) is 0 Å². The van der Waals surface area contributed by atoms with Crippen molar-refractivity contribution >= 4 is 22.6 Å². The smallest absolute Gasteiger partial charge is 0.0266 e. The fourth-order valence-corrected chi connectivity index (χ4v) is 1.42. The van der Waals surface area contributed by atoms with Crippen molar-refractivity contribution in [1.29, 1.82) is 0 Å². The van der Waals surface area contributed by atoms with Crippen LogP contribution in [0.5, 0.6) is 0 Å². The Morgan fingerprint density at radius 3 is 2.27 bits per heavy atom. The van der Waals surface area contributed by atoms with E-state index in [1.54, 1.807) is 0 Å². The molecule has 0 radical (unpaired) electrons. The van der Waals surface area contributed by atoms with Gasteiger partial charge in [-0.1, -0.05) is 46.9 Å². The third-order valence-electron chi connectivity index (χ3n) is 1.66. The molecule has 1 nitrogen and oxygen atoms in total. The van der Waals surface area contributed by atoms with Gasteiger partial charge in [0.25, 0.3) is 0 Å². The zero-order valence-corrected chi connectivity index (χ0v) is 8.71. The second kappa shape index (κ2) is 4.07. The number of benzene rings is 1. The maximum Gasteiger partial charge on any atom is 0.0266 e. The predicted octanol–water partition coefficient (Wildman–Crippen LogP) is 2.64. The number of nitrogens with two attached hydrogens (primary N) is 1. The van der Waals surface area contributed by atoms with E-state index >= 15 is 0 Å². The maximum atomic E-state index is 5.70. The summed E-state index contributed by atoms with van der Waals surface area (Å²) >= 11 is 2.35. The van der Waals surface area contributed by atoms with Crippen LogP contribution in [0.3, 0.4) is 0 Å². The van der Waals surface area contributed by atoms with Gasteiger partial charge in [0.1, 0.15) is 0 Å². The molecule has 11 heavy (non-hydrogen) atoms. The van der Waals surface area contributed by atoms with Gasteiger partial charge in [0.05, 0.1) is 0 Å². The van der Waals surface area contributed by atoms with Crippen LogP contribution in [0.2, 0.25) is 0 Å². The summed E-state index contributed by atoms with van der Waals surface area (Å²) in [6.45, 7) is 2.00. The summed E-state index contributed by atoms with van der Waals surface area (Å²) in [6, 6.07) is 8.60. The molecular formula is C9H12IN. The lowest BCUT2D eigenvalue weighted by Gasteiger charge is -2.04. The normalized spacial score (nSPS) is 13.0. The van der Waals surface area contributed by atoms with Gasteiger partial charge in [0, 0.05) is 10.5 Å². The van der Waals surface area contributed by atoms with Gasteiger partial charge in [-0.05, 0) is 18.1 Å². The molecule has 0 bridgehead atoms.